The highest BCUT2D eigenvalue weighted by atomic mass is 16.5. The Balaban J connectivity index is 4.71. The number of hydrogen-bond donors (Lipinski definition) is 4. The molecule has 0 aliphatic heterocycles. The summed E-state index contributed by atoms with van der Waals surface area (Å²) in [5, 5.41) is 16.1. The normalized spacial score (nSPS) is 14.1. The summed E-state index contributed by atoms with van der Waals surface area (Å²) in [7, 11) is 1.62. The van der Waals surface area contributed by atoms with Crippen molar-refractivity contribution in [3.63, 3.8) is 0 Å². The van der Waals surface area contributed by atoms with Crippen molar-refractivity contribution in [2.24, 2.45) is 0 Å². The highest BCUT2D eigenvalue weighted by molar-refractivity contribution is 5.91. The fourth-order valence-corrected chi connectivity index (χ4v) is 1.23. The van der Waals surface area contributed by atoms with Gasteiger partial charge in [-0.05, 0) is 34.7 Å². The standard InChI is InChI=1S/C13H25N3O5/c1-8(14-5)11(19)16-9(7-21-13(2,3)4)12(20)15-6-10(17)18/h8-9,14H,6-7H2,1-5H3,(H,15,20)(H,16,19)(H,17,18)/t8-,9-/m0/s1. The molecular weight excluding hydrogens is 278 g/mol. The van der Waals surface area contributed by atoms with Crippen molar-refractivity contribution in [3.8, 4) is 0 Å². The Morgan fingerprint density at radius 2 is 1.76 bits per heavy atom. The first-order valence-electron chi connectivity index (χ1n) is 6.68. The predicted molar refractivity (Wildman–Crippen MR) is 76.8 cm³/mol. The zero-order valence-electron chi connectivity index (χ0n) is 13.1. The van der Waals surface area contributed by atoms with Crippen LogP contribution in [-0.4, -0.2) is 60.8 Å². The lowest BCUT2D eigenvalue weighted by Crippen LogP contribution is -2.54. The molecular formula is C13H25N3O5. The molecule has 0 aromatic carbocycles. The van der Waals surface area contributed by atoms with E-state index < -0.39 is 36.1 Å². The van der Waals surface area contributed by atoms with Crippen molar-refractivity contribution >= 4 is 17.8 Å². The molecule has 0 heterocycles. The number of ether oxygens (including phenoxy) is 1. The van der Waals surface area contributed by atoms with Gasteiger partial charge in [-0.1, -0.05) is 0 Å². The van der Waals surface area contributed by atoms with E-state index in [4.69, 9.17) is 9.84 Å². The van der Waals surface area contributed by atoms with Crippen molar-refractivity contribution in [1.82, 2.24) is 16.0 Å². The number of hydrogen-bond acceptors (Lipinski definition) is 5. The van der Waals surface area contributed by atoms with Gasteiger partial charge in [0.25, 0.3) is 0 Å². The van der Waals surface area contributed by atoms with Crippen LogP contribution in [0.3, 0.4) is 0 Å². The smallest absolute Gasteiger partial charge is 0.322 e. The van der Waals surface area contributed by atoms with E-state index in [1.165, 1.54) is 0 Å². The highest BCUT2D eigenvalue weighted by Gasteiger charge is 2.25. The first-order valence-corrected chi connectivity index (χ1v) is 6.68. The summed E-state index contributed by atoms with van der Waals surface area (Å²) in [4.78, 5) is 34.2. The Bertz CT molecular complexity index is 378. The number of carboxylic acids is 1. The maximum absolute atomic E-state index is 11.9. The van der Waals surface area contributed by atoms with Gasteiger partial charge in [-0.25, -0.2) is 0 Å². The second kappa shape index (κ2) is 8.58. The van der Waals surface area contributed by atoms with Crippen LogP contribution in [0, 0.1) is 0 Å². The van der Waals surface area contributed by atoms with E-state index in [9.17, 15) is 14.4 Å². The summed E-state index contributed by atoms with van der Waals surface area (Å²) < 4.78 is 5.49. The molecule has 122 valence electrons. The second-order valence-corrected chi connectivity index (χ2v) is 5.61. The molecule has 2 atom stereocenters. The SMILES string of the molecule is CN[C@@H](C)C(=O)N[C@@H](COC(C)(C)C)C(=O)NCC(=O)O. The summed E-state index contributed by atoms with van der Waals surface area (Å²) in [5.41, 5.74) is -0.481. The zero-order valence-corrected chi connectivity index (χ0v) is 13.1. The van der Waals surface area contributed by atoms with Gasteiger partial charge in [-0.15, -0.1) is 0 Å². The van der Waals surface area contributed by atoms with E-state index >= 15 is 0 Å². The van der Waals surface area contributed by atoms with E-state index in [0.29, 0.717) is 0 Å². The molecule has 21 heavy (non-hydrogen) atoms. The molecule has 4 N–H and O–H groups in total. The Labute approximate surface area is 124 Å². The van der Waals surface area contributed by atoms with Crippen LogP contribution in [0.2, 0.25) is 0 Å². The second-order valence-electron chi connectivity index (χ2n) is 5.61. The third kappa shape index (κ3) is 8.98. The molecule has 0 spiro atoms. The molecule has 0 saturated heterocycles. The molecule has 2 amide bonds. The van der Waals surface area contributed by atoms with Crippen LogP contribution in [0.15, 0.2) is 0 Å². The third-order valence-corrected chi connectivity index (χ3v) is 2.56. The Kier molecular flexibility index (Phi) is 7.90. The van der Waals surface area contributed by atoms with Gasteiger partial charge < -0.3 is 25.8 Å². The van der Waals surface area contributed by atoms with Gasteiger partial charge in [0.1, 0.15) is 12.6 Å². The summed E-state index contributed by atoms with van der Waals surface area (Å²) in [6.45, 7) is 6.54. The summed E-state index contributed by atoms with van der Waals surface area (Å²) >= 11 is 0. The maximum Gasteiger partial charge on any atom is 0.322 e. The molecule has 0 aliphatic rings. The molecule has 0 aromatic heterocycles. The molecule has 0 saturated carbocycles. The van der Waals surface area contributed by atoms with Crippen molar-refractivity contribution in [1.29, 1.82) is 0 Å². The fraction of sp³-hybridized carbons (Fsp3) is 0.769. The van der Waals surface area contributed by atoms with Crippen molar-refractivity contribution in [3.05, 3.63) is 0 Å². The number of carbonyl (C=O) groups is 3. The van der Waals surface area contributed by atoms with Gasteiger partial charge in [0.15, 0.2) is 0 Å². The van der Waals surface area contributed by atoms with Crippen molar-refractivity contribution in [2.75, 3.05) is 20.2 Å². The molecule has 0 aromatic rings. The molecule has 0 fully saturated rings. The maximum atomic E-state index is 11.9. The van der Waals surface area contributed by atoms with Crippen LogP contribution in [-0.2, 0) is 19.1 Å². The van der Waals surface area contributed by atoms with Crippen LogP contribution in [0.1, 0.15) is 27.7 Å². The van der Waals surface area contributed by atoms with Crippen LogP contribution in [0.4, 0.5) is 0 Å². The Morgan fingerprint density at radius 1 is 1.19 bits per heavy atom. The van der Waals surface area contributed by atoms with E-state index in [1.54, 1.807) is 14.0 Å². The van der Waals surface area contributed by atoms with Gasteiger partial charge in [0.05, 0.1) is 18.2 Å². The zero-order chi connectivity index (χ0) is 16.6. The van der Waals surface area contributed by atoms with Crippen molar-refractivity contribution < 1.29 is 24.2 Å². The number of aliphatic carboxylic acids is 1. The molecule has 0 aliphatic carbocycles. The van der Waals surface area contributed by atoms with Crippen LogP contribution < -0.4 is 16.0 Å². The number of carbonyl (C=O) groups excluding carboxylic acids is 2. The molecule has 0 radical (unpaired) electrons. The largest absolute Gasteiger partial charge is 0.480 e. The topological polar surface area (TPSA) is 117 Å². The van der Waals surface area contributed by atoms with Gasteiger partial charge in [0.2, 0.25) is 11.8 Å². The lowest BCUT2D eigenvalue weighted by Gasteiger charge is -2.25. The first kappa shape index (κ1) is 19.3. The number of rotatable bonds is 8. The van der Waals surface area contributed by atoms with Crippen LogP contribution >= 0.6 is 0 Å². The lowest BCUT2D eigenvalue weighted by atomic mass is 10.2. The minimum atomic E-state index is -1.16. The summed E-state index contributed by atoms with van der Waals surface area (Å²) in [6.07, 6.45) is 0. The minimum absolute atomic E-state index is 0.0445. The molecule has 0 bridgehead atoms. The molecule has 0 unspecified atom stereocenters. The predicted octanol–water partition coefficient (Wildman–Crippen LogP) is -0.905. The van der Waals surface area contributed by atoms with E-state index in [2.05, 4.69) is 16.0 Å². The van der Waals surface area contributed by atoms with Crippen LogP contribution in [0.5, 0.6) is 0 Å². The minimum Gasteiger partial charge on any atom is -0.480 e. The first-order chi connectivity index (χ1) is 9.56. The summed E-state index contributed by atoms with van der Waals surface area (Å²) in [6, 6.07) is -1.43. The quantitative estimate of drug-likeness (QED) is 0.461. The Morgan fingerprint density at radius 3 is 2.19 bits per heavy atom. The third-order valence-electron chi connectivity index (χ3n) is 2.56. The number of nitrogens with one attached hydrogen (secondary N) is 3. The fourth-order valence-electron chi connectivity index (χ4n) is 1.23. The lowest BCUT2D eigenvalue weighted by molar-refractivity contribution is -0.139. The molecule has 8 nitrogen and oxygen atoms in total. The summed E-state index contributed by atoms with van der Waals surface area (Å²) in [5.74, 6) is -2.13. The monoisotopic (exact) mass is 303 g/mol. The average molecular weight is 303 g/mol. The van der Waals surface area contributed by atoms with Crippen molar-refractivity contribution in [2.45, 2.75) is 45.4 Å². The average Bonchev–Trinajstić information content (AvgIpc) is 2.38. The molecule has 8 heteroatoms. The van der Waals surface area contributed by atoms with Crippen LogP contribution in [0.25, 0.3) is 0 Å². The van der Waals surface area contributed by atoms with Gasteiger partial charge in [-0.3, -0.25) is 14.4 Å². The number of carboxylic acid groups (broad SMARTS) is 1. The van der Waals surface area contributed by atoms with E-state index in [0.717, 1.165) is 0 Å². The number of amides is 2. The van der Waals surface area contributed by atoms with E-state index in [1.807, 2.05) is 20.8 Å². The highest BCUT2D eigenvalue weighted by Crippen LogP contribution is 2.07. The molecule has 0 rings (SSSR count). The van der Waals surface area contributed by atoms with Gasteiger partial charge >= 0.3 is 5.97 Å². The van der Waals surface area contributed by atoms with Gasteiger partial charge in [-0.2, -0.15) is 0 Å². The Hall–Kier alpha value is -1.67. The van der Waals surface area contributed by atoms with Gasteiger partial charge in [0, 0.05) is 0 Å². The van der Waals surface area contributed by atoms with E-state index in [-0.39, 0.29) is 12.5 Å². The number of likely N-dealkylation sites (N-methyl/N-ethyl adjacent to an activating group) is 1.